The van der Waals surface area contributed by atoms with Crippen molar-refractivity contribution in [1.29, 1.82) is 0 Å². The van der Waals surface area contributed by atoms with E-state index in [2.05, 4.69) is 15.5 Å². The van der Waals surface area contributed by atoms with Gasteiger partial charge in [-0.3, -0.25) is 4.79 Å². The number of amides is 1. The summed E-state index contributed by atoms with van der Waals surface area (Å²) in [6, 6.07) is 25.4. The zero-order valence-electron chi connectivity index (χ0n) is 15.8. The highest BCUT2D eigenvalue weighted by Gasteiger charge is 2.24. The molecular formula is C23H19N3O3. The normalized spacial score (nSPS) is 11.6. The molecule has 1 atom stereocenters. The summed E-state index contributed by atoms with van der Waals surface area (Å²) in [5, 5.41) is 11.3. The van der Waals surface area contributed by atoms with E-state index < -0.39 is 6.04 Å². The molecule has 1 amide bonds. The van der Waals surface area contributed by atoms with E-state index in [0.29, 0.717) is 23.1 Å². The fourth-order valence-corrected chi connectivity index (χ4v) is 2.94. The predicted molar refractivity (Wildman–Crippen MR) is 108 cm³/mol. The van der Waals surface area contributed by atoms with E-state index in [-0.39, 0.29) is 5.91 Å². The molecule has 6 heteroatoms. The molecule has 0 spiro atoms. The van der Waals surface area contributed by atoms with Crippen molar-refractivity contribution in [3.63, 3.8) is 0 Å². The maximum absolute atomic E-state index is 12.8. The lowest BCUT2D eigenvalue weighted by Crippen LogP contribution is -2.29. The molecular weight excluding hydrogens is 366 g/mol. The number of rotatable bonds is 6. The van der Waals surface area contributed by atoms with Crippen molar-refractivity contribution in [2.75, 3.05) is 7.11 Å². The number of ether oxygens (including phenoxy) is 1. The number of nitrogens with zero attached hydrogens (tertiary/aromatic N) is 2. The van der Waals surface area contributed by atoms with Crippen molar-refractivity contribution in [1.82, 2.24) is 15.5 Å². The van der Waals surface area contributed by atoms with E-state index in [1.807, 2.05) is 60.7 Å². The van der Waals surface area contributed by atoms with Crippen molar-refractivity contribution in [2.45, 2.75) is 6.04 Å². The molecule has 0 aliphatic carbocycles. The molecule has 6 nitrogen and oxygen atoms in total. The second-order valence-electron chi connectivity index (χ2n) is 6.36. The second kappa shape index (κ2) is 8.39. The monoisotopic (exact) mass is 385 g/mol. The van der Waals surface area contributed by atoms with Crippen LogP contribution < -0.4 is 10.1 Å². The van der Waals surface area contributed by atoms with Gasteiger partial charge in [0.1, 0.15) is 11.8 Å². The summed E-state index contributed by atoms with van der Waals surface area (Å²) in [6.07, 6.45) is 0. The van der Waals surface area contributed by atoms with E-state index in [1.54, 1.807) is 31.4 Å². The van der Waals surface area contributed by atoms with Crippen molar-refractivity contribution < 1.29 is 13.9 Å². The van der Waals surface area contributed by atoms with Gasteiger partial charge in [0.15, 0.2) is 0 Å². The molecule has 4 aromatic rings. The van der Waals surface area contributed by atoms with Crippen LogP contribution in [-0.4, -0.2) is 23.2 Å². The molecule has 1 aromatic heterocycles. The zero-order chi connectivity index (χ0) is 20.1. The Morgan fingerprint density at radius 2 is 1.55 bits per heavy atom. The summed E-state index contributed by atoms with van der Waals surface area (Å²) >= 11 is 0. The van der Waals surface area contributed by atoms with Gasteiger partial charge in [-0.2, -0.15) is 0 Å². The molecule has 4 rings (SSSR count). The van der Waals surface area contributed by atoms with Crippen molar-refractivity contribution in [2.24, 2.45) is 0 Å². The van der Waals surface area contributed by atoms with Crippen molar-refractivity contribution in [3.05, 3.63) is 102 Å². The molecule has 0 aliphatic heterocycles. The fraction of sp³-hybridized carbons (Fsp3) is 0.0870. The molecule has 0 aliphatic rings. The van der Waals surface area contributed by atoms with Crippen LogP contribution in [-0.2, 0) is 0 Å². The number of nitrogens with one attached hydrogen (secondary N) is 1. The van der Waals surface area contributed by atoms with E-state index in [0.717, 1.165) is 11.1 Å². The molecule has 3 aromatic carbocycles. The number of carbonyl (C=O) groups excluding carboxylic acids is 1. The molecule has 1 heterocycles. The van der Waals surface area contributed by atoms with Gasteiger partial charge < -0.3 is 14.5 Å². The minimum Gasteiger partial charge on any atom is -0.497 e. The van der Waals surface area contributed by atoms with Crippen LogP contribution in [0.2, 0.25) is 0 Å². The van der Waals surface area contributed by atoms with Gasteiger partial charge in [-0.05, 0) is 42.0 Å². The van der Waals surface area contributed by atoms with Crippen LogP contribution in [0.15, 0.2) is 89.3 Å². The van der Waals surface area contributed by atoms with E-state index in [4.69, 9.17) is 9.15 Å². The maximum atomic E-state index is 12.8. The average molecular weight is 385 g/mol. The Bertz CT molecular complexity index is 1080. The van der Waals surface area contributed by atoms with Gasteiger partial charge in [0.2, 0.25) is 11.8 Å². The van der Waals surface area contributed by atoms with Gasteiger partial charge in [-0.1, -0.05) is 48.5 Å². The molecule has 1 N–H and O–H groups in total. The highest BCUT2D eigenvalue weighted by Crippen LogP contribution is 2.25. The van der Waals surface area contributed by atoms with Gasteiger partial charge in [0.25, 0.3) is 5.91 Å². The van der Waals surface area contributed by atoms with Gasteiger partial charge >= 0.3 is 0 Å². The minimum absolute atomic E-state index is 0.249. The predicted octanol–water partition coefficient (Wildman–Crippen LogP) is 4.26. The molecule has 0 unspecified atom stereocenters. The SMILES string of the molecule is COc1ccc(C(=O)N[C@H](c2ccccc2)c2nnc(-c3ccccc3)o2)cc1. The topological polar surface area (TPSA) is 77.2 Å². The average Bonchev–Trinajstić information content (AvgIpc) is 3.28. The number of hydrogen-bond acceptors (Lipinski definition) is 5. The molecule has 0 bridgehead atoms. The van der Waals surface area contributed by atoms with Crippen molar-refractivity contribution >= 4 is 5.91 Å². The molecule has 0 saturated heterocycles. The lowest BCUT2D eigenvalue weighted by atomic mass is 10.1. The highest BCUT2D eigenvalue weighted by atomic mass is 16.5. The van der Waals surface area contributed by atoms with Crippen LogP contribution in [0.3, 0.4) is 0 Å². The Morgan fingerprint density at radius 3 is 2.21 bits per heavy atom. The number of carbonyl (C=O) groups is 1. The number of hydrogen-bond donors (Lipinski definition) is 1. The summed E-state index contributed by atoms with van der Waals surface area (Å²) in [5.74, 6) is 1.16. The van der Waals surface area contributed by atoms with Gasteiger partial charge in [-0.15, -0.1) is 10.2 Å². The minimum atomic E-state index is -0.573. The van der Waals surface area contributed by atoms with Crippen LogP contribution in [0, 0.1) is 0 Å². The first-order valence-electron chi connectivity index (χ1n) is 9.13. The fourth-order valence-electron chi connectivity index (χ4n) is 2.94. The Balaban J connectivity index is 1.64. The summed E-state index contributed by atoms with van der Waals surface area (Å²) in [5.41, 5.74) is 2.17. The standard InChI is InChI=1S/C23H19N3O3/c1-28-19-14-12-17(13-15-19)21(27)24-20(16-8-4-2-5-9-16)23-26-25-22(29-23)18-10-6-3-7-11-18/h2-15,20H,1H3,(H,24,27)/t20-/m1/s1. The Kier molecular flexibility index (Phi) is 5.33. The molecule has 0 saturated carbocycles. The molecule has 0 fully saturated rings. The first-order chi connectivity index (χ1) is 14.2. The van der Waals surface area contributed by atoms with Gasteiger partial charge in [0.05, 0.1) is 7.11 Å². The number of methoxy groups -OCH3 is 1. The lowest BCUT2D eigenvalue weighted by molar-refractivity contribution is 0.0938. The largest absolute Gasteiger partial charge is 0.497 e. The number of benzene rings is 3. The summed E-state index contributed by atoms with van der Waals surface area (Å²) in [7, 11) is 1.58. The first-order valence-corrected chi connectivity index (χ1v) is 9.13. The van der Waals surface area contributed by atoms with Crippen LogP contribution in [0.1, 0.15) is 27.9 Å². The Labute approximate surface area is 168 Å². The van der Waals surface area contributed by atoms with Crippen LogP contribution in [0.25, 0.3) is 11.5 Å². The molecule has 144 valence electrons. The third-order valence-electron chi connectivity index (χ3n) is 4.47. The molecule has 29 heavy (non-hydrogen) atoms. The van der Waals surface area contributed by atoms with Gasteiger partial charge in [0, 0.05) is 11.1 Å². The lowest BCUT2D eigenvalue weighted by Gasteiger charge is -2.16. The third kappa shape index (κ3) is 4.16. The van der Waals surface area contributed by atoms with Gasteiger partial charge in [-0.25, -0.2) is 0 Å². The highest BCUT2D eigenvalue weighted by molar-refractivity contribution is 5.94. The summed E-state index contributed by atoms with van der Waals surface area (Å²) in [6.45, 7) is 0. The van der Waals surface area contributed by atoms with Crippen LogP contribution in [0.5, 0.6) is 5.75 Å². The van der Waals surface area contributed by atoms with Crippen LogP contribution >= 0.6 is 0 Å². The zero-order valence-corrected chi connectivity index (χ0v) is 15.8. The van der Waals surface area contributed by atoms with Crippen LogP contribution in [0.4, 0.5) is 0 Å². The summed E-state index contributed by atoms with van der Waals surface area (Å²) < 4.78 is 11.1. The second-order valence-corrected chi connectivity index (χ2v) is 6.36. The van der Waals surface area contributed by atoms with E-state index in [9.17, 15) is 4.79 Å². The molecule has 0 radical (unpaired) electrons. The van der Waals surface area contributed by atoms with E-state index >= 15 is 0 Å². The third-order valence-corrected chi connectivity index (χ3v) is 4.47. The number of aromatic nitrogens is 2. The van der Waals surface area contributed by atoms with E-state index in [1.165, 1.54) is 0 Å². The Morgan fingerprint density at radius 1 is 0.897 bits per heavy atom. The maximum Gasteiger partial charge on any atom is 0.252 e. The quantitative estimate of drug-likeness (QED) is 0.536. The smallest absolute Gasteiger partial charge is 0.252 e. The summed E-state index contributed by atoms with van der Waals surface area (Å²) in [4.78, 5) is 12.8. The Hall–Kier alpha value is -3.93. The van der Waals surface area contributed by atoms with Crippen molar-refractivity contribution in [3.8, 4) is 17.2 Å². The first kappa shape index (κ1) is 18.4.